The fourth-order valence-electron chi connectivity index (χ4n) is 11.5. The van der Waals surface area contributed by atoms with Crippen LogP contribution in [0.4, 0.5) is 34.1 Å². The molecular formula is C61H48BN3O. The van der Waals surface area contributed by atoms with Crippen molar-refractivity contribution in [2.24, 2.45) is 0 Å². The highest BCUT2D eigenvalue weighted by Gasteiger charge is 2.47. The van der Waals surface area contributed by atoms with Gasteiger partial charge in [-0.05, 0) is 112 Å². The molecule has 0 bridgehead atoms. The molecule has 13 rings (SSSR count). The monoisotopic (exact) mass is 849 g/mol. The van der Waals surface area contributed by atoms with Crippen LogP contribution in [0.3, 0.4) is 0 Å². The summed E-state index contributed by atoms with van der Waals surface area (Å²) in [5.41, 5.74) is 19.9. The highest BCUT2D eigenvalue weighted by molar-refractivity contribution is 6.99. The number of hydrogen-bond acceptors (Lipinski definition) is 3. The van der Waals surface area contributed by atoms with E-state index in [1.54, 1.807) is 0 Å². The Balaban J connectivity index is 1.08. The highest BCUT2D eigenvalue weighted by atomic mass is 16.3. The van der Waals surface area contributed by atoms with E-state index < -0.39 is 0 Å². The molecule has 11 aromatic rings. The lowest BCUT2D eigenvalue weighted by atomic mass is 9.30. The number of benzene rings is 9. The molecule has 0 fully saturated rings. The van der Waals surface area contributed by atoms with Crippen molar-refractivity contribution in [1.82, 2.24) is 4.57 Å². The molecule has 0 saturated heterocycles. The summed E-state index contributed by atoms with van der Waals surface area (Å²) in [5.74, 6) is 0. The van der Waals surface area contributed by atoms with Crippen LogP contribution in [-0.4, -0.2) is 11.3 Å². The lowest BCUT2D eigenvalue weighted by Gasteiger charge is -2.46. The number of fused-ring (bicyclic) bond motifs is 11. The zero-order valence-electron chi connectivity index (χ0n) is 37.9. The topological polar surface area (TPSA) is 24.6 Å². The molecule has 0 saturated carbocycles. The minimum atomic E-state index is -0.326. The maximum absolute atomic E-state index is 6.72. The molecule has 0 spiro atoms. The Bertz CT molecular complexity index is 3730. The number of rotatable bonds is 5. The van der Waals surface area contributed by atoms with Gasteiger partial charge in [0.15, 0.2) is 5.58 Å². The normalized spacial score (nSPS) is 13.9. The van der Waals surface area contributed by atoms with E-state index in [-0.39, 0.29) is 17.5 Å². The highest BCUT2D eigenvalue weighted by Crippen LogP contribution is 2.49. The predicted molar refractivity (Wildman–Crippen MR) is 279 cm³/mol. The molecule has 316 valence electrons. The Hall–Kier alpha value is -7.76. The smallest absolute Gasteiger partial charge is 0.247 e. The second-order valence-corrected chi connectivity index (χ2v) is 19.7. The first kappa shape index (κ1) is 38.7. The summed E-state index contributed by atoms with van der Waals surface area (Å²) >= 11 is 0. The molecule has 0 unspecified atom stereocenters. The van der Waals surface area contributed by atoms with Gasteiger partial charge in [0.2, 0.25) is 6.71 Å². The molecule has 0 atom stereocenters. The molecule has 2 aliphatic heterocycles. The van der Waals surface area contributed by atoms with Gasteiger partial charge in [0.1, 0.15) is 5.58 Å². The molecule has 5 heteroatoms. The van der Waals surface area contributed by atoms with Gasteiger partial charge < -0.3 is 18.8 Å². The van der Waals surface area contributed by atoms with Crippen molar-refractivity contribution in [3.05, 3.63) is 217 Å². The van der Waals surface area contributed by atoms with Crippen LogP contribution in [-0.2, 0) is 10.8 Å². The van der Waals surface area contributed by atoms with E-state index in [2.05, 4.69) is 243 Å². The van der Waals surface area contributed by atoms with Gasteiger partial charge in [-0.25, -0.2) is 0 Å². The Labute approximate surface area is 386 Å². The van der Waals surface area contributed by atoms with Gasteiger partial charge in [0.25, 0.3) is 0 Å². The van der Waals surface area contributed by atoms with E-state index in [4.69, 9.17) is 4.42 Å². The Morgan fingerprint density at radius 2 is 1.21 bits per heavy atom. The second-order valence-electron chi connectivity index (χ2n) is 19.7. The molecular weight excluding hydrogens is 802 g/mol. The Morgan fingerprint density at radius 3 is 2.00 bits per heavy atom. The van der Waals surface area contributed by atoms with Crippen LogP contribution in [0, 0.1) is 0 Å². The summed E-state index contributed by atoms with van der Waals surface area (Å²) in [6, 6.07) is 73.8. The quantitative estimate of drug-likeness (QED) is 0.161. The van der Waals surface area contributed by atoms with E-state index in [1.807, 2.05) is 6.07 Å². The Kier molecular flexibility index (Phi) is 8.28. The van der Waals surface area contributed by atoms with Gasteiger partial charge >= 0.3 is 0 Å². The molecule has 2 aromatic heterocycles. The van der Waals surface area contributed by atoms with Crippen LogP contribution in [0.1, 0.15) is 51.3 Å². The van der Waals surface area contributed by atoms with E-state index in [0.29, 0.717) is 0 Å². The zero-order valence-corrected chi connectivity index (χ0v) is 37.9. The van der Waals surface area contributed by atoms with Gasteiger partial charge in [-0.15, -0.1) is 0 Å². The summed E-state index contributed by atoms with van der Waals surface area (Å²) in [5, 5.41) is 4.74. The largest absolute Gasteiger partial charge is 0.454 e. The van der Waals surface area contributed by atoms with Crippen molar-refractivity contribution in [3.8, 4) is 5.69 Å². The standard InChI is InChI=1S/C61H48BN3O/c1-60(2,3)39-30-32-42(33-31-39)65-53-27-17-25-47-57(53)62(50-36-37-52-56(58(50)65)46-23-12-14-26-51(46)64(52)41-20-10-7-11-21-41)49-35-34-43(38-48(49)61(47,4)5)63(40-18-8-6-9-19-40)54-28-16-24-45-44-22-13-15-29-55(44)66-59(45)54/h6-38H,1-5H3. The third-order valence-corrected chi connectivity index (χ3v) is 14.6. The molecule has 0 aliphatic carbocycles. The molecule has 4 heterocycles. The third kappa shape index (κ3) is 5.53. The SMILES string of the molecule is CC(C)(C)c1ccc(N2c3cccc4c3B(c3ccc(N(c5ccccc5)c5cccc6c5oc5ccccc56)cc3C4(C)C)c3ccc4c(c32)c2ccccc2n4-c2ccccc2)cc1. The molecule has 0 N–H and O–H groups in total. The van der Waals surface area contributed by atoms with Crippen LogP contribution in [0.5, 0.6) is 0 Å². The van der Waals surface area contributed by atoms with Crippen molar-refractivity contribution in [3.63, 3.8) is 0 Å². The summed E-state index contributed by atoms with van der Waals surface area (Å²) in [6.07, 6.45) is 0. The molecule has 66 heavy (non-hydrogen) atoms. The third-order valence-electron chi connectivity index (χ3n) is 14.6. The number of para-hydroxylation sites is 5. The lowest BCUT2D eigenvalue weighted by Crippen LogP contribution is -2.64. The molecule has 9 aromatic carbocycles. The maximum Gasteiger partial charge on any atom is 0.247 e. The van der Waals surface area contributed by atoms with E-state index in [9.17, 15) is 0 Å². The summed E-state index contributed by atoms with van der Waals surface area (Å²) in [7, 11) is 0. The number of aromatic nitrogens is 1. The van der Waals surface area contributed by atoms with Crippen LogP contribution in [0.15, 0.2) is 205 Å². The first-order chi connectivity index (χ1) is 32.2. The van der Waals surface area contributed by atoms with Crippen molar-refractivity contribution >= 4 is 101 Å². The first-order valence-corrected chi connectivity index (χ1v) is 23.2. The van der Waals surface area contributed by atoms with E-state index in [0.717, 1.165) is 50.4 Å². The number of hydrogen-bond donors (Lipinski definition) is 0. The summed E-state index contributed by atoms with van der Waals surface area (Å²) < 4.78 is 9.17. The van der Waals surface area contributed by atoms with Crippen molar-refractivity contribution in [1.29, 1.82) is 0 Å². The van der Waals surface area contributed by atoms with Crippen molar-refractivity contribution < 1.29 is 4.42 Å². The average molecular weight is 850 g/mol. The average Bonchev–Trinajstić information content (AvgIpc) is 3.90. The first-order valence-electron chi connectivity index (χ1n) is 23.2. The minimum Gasteiger partial charge on any atom is -0.454 e. The van der Waals surface area contributed by atoms with E-state index in [1.165, 1.54) is 66.3 Å². The van der Waals surface area contributed by atoms with Crippen LogP contribution < -0.4 is 26.2 Å². The van der Waals surface area contributed by atoms with E-state index >= 15 is 0 Å². The second kappa shape index (κ2) is 14.1. The number of furan rings is 1. The van der Waals surface area contributed by atoms with Crippen LogP contribution >= 0.6 is 0 Å². The molecule has 0 radical (unpaired) electrons. The van der Waals surface area contributed by atoms with Gasteiger partial charge in [-0.3, -0.25) is 0 Å². The van der Waals surface area contributed by atoms with Crippen molar-refractivity contribution in [2.45, 2.75) is 45.4 Å². The minimum absolute atomic E-state index is 0.000547. The summed E-state index contributed by atoms with van der Waals surface area (Å²) in [4.78, 5) is 4.97. The van der Waals surface area contributed by atoms with Gasteiger partial charge in [0, 0.05) is 55.4 Å². The summed E-state index contributed by atoms with van der Waals surface area (Å²) in [6.45, 7) is 11.7. The Morgan fingerprint density at radius 1 is 0.530 bits per heavy atom. The van der Waals surface area contributed by atoms with Gasteiger partial charge in [-0.2, -0.15) is 0 Å². The molecule has 2 aliphatic rings. The maximum atomic E-state index is 6.72. The van der Waals surface area contributed by atoms with Gasteiger partial charge in [-0.1, -0.05) is 161 Å². The number of nitrogens with zero attached hydrogens (tertiary/aromatic N) is 3. The zero-order chi connectivity index (χ0) is 44.5. The molecule has 0 amide bonds. The molecule has 4 nitrogen and oxygen atoms in total. The fraction of sp³-hybridized carbons (Fsp3) is 0.115. The fourth-order valence-corrected chi connectivity index (χ4v) is 11.5. The lowest BCUT2D eigenvalue weighted by molar-refractivity contribution is 0.590. The number of anilines is 6. The van der Waals surface area contributed by atoms with Crippen LogP contribution in [0.25, 0.3) is 49.4 Å². The van der Waals surface area contributed by atoms with Crippen molar-refractivity contribution in [2.75, 3.05) is 9.80 Å². The predicted octanol–water partition coefficient (Wildman–Crippen LogP) is 14.4. The van der Waals surface area contributed by atoms with Gasteiger partial charge in [0.05, 0.1) is 22.4 Å². The van der Waals surface area contributed by atoms with Crippen LogP contribution in [0.2, 0.25) is 0 Å².